The van der Waals surface area contributed by atoms with Crippen molar-refractivity contribution in [1.82, 2.24) is 19.8 Å². The molecule has 2 fully saturated rings. The molecule has 5 rings (SSSR count). The summed E-state index contributed by atoms with van der Waals surface area (Å²) >= 11 is 6.01. The Labute approximate surface area is 206 Å². The summed E-state index contributed by atoms with van der Waals surface area (Å²) < 4.78 is 24.6. The van der Waals surface area contributed by atoms with Crippen LogP contribution in [0.15, 0.2) is 34.9 Å². The Morgan fingerprint density at radius 3 is 2.86 bits per heavy atom. The van der Waals surface area contributed by atoms with Crippen LogP contribution in [0.25, 0.3) is 11.1 Å². The molecular weight excluding hydrogens is 477 g/mol. The number of pyridine rings is 1. The summed E-state index contributed by atoms with van der Waals surface area (Å²) in [6.07, 6.45) is 1.83. The first-order valence-electron chi connectivity index (χ1n) is 11.4. The lowest BCUT2D eigenvalue weighted by molar-refractivity contribution is -0.148. The zero-order chi connectivity index (χ0) is 24.7. The number of likely N-dealkylation sites (tertiary alicyclic amines) is 2. The molecule has 4 heterocycles. The molecule has 0 saturated carbocycles. The number of carbonyl (C=O) groups is 2. The number of nitrogens with zero attached hydrogens (tertiary/aromatic N) is 4. The maximum atomic E-state index is 13.6. The van der Waals surface area contributed by atoms with Gasteiger partial charge >= 0.3 is 0 Å². The second kappa shape index (κ2) is 8.99. The van der Waals surface area contributed by atoms with Gasteiger partial charge in [0.25, 0.3) is 11.9 Å². The third-order valence-corrected chi connectivity index (χ3v) is 6.83. The van der Waals surface area contributed by atoms with Crippen molar-refractivity contribution in [2.45, 2.75) is 38.0 Å². The number of fused-ring (bicyclic) bond motifs is 1. The molecule has 0 spiro atoms. The van der Waals surface area contributed by atoms with Crippen LogP contribution in [-0.4, -0.2) is 70.0 Å². The van der Waals surface area contributed by atoms with Gasteiger partial charge in [-0.1, -0.05) is 11.6 Å². The highest BCUT2D eigenvalue weighted by Crippen LogP contribution is 2.36. The Balaban J connectivity index is 1.39. The van der Waals surface area contributed by atoms with Crippen molar-refractivity contribution in [3.8, 4) is 5.75 Å². The van der Waals surface area contributed by atoms with Crippen molar-refractivity contribution < 1.29 is 23.1 Å². The van der Waals surface area contributed by atoms with Gasteiger partial charge in [-0.2, -0.15) is 4.98 Å². The molecular formula is C24H25ClFN5O4. The van der Waals surface area contributed by atoms with E-state index in [2.05, 4.69) is 15.3 Å². The van der Waals surface area contributed by atoms with Gasteiger partial charge in [-0.3, -0.25) is 14.6 Å². The summed E-state index contributed by atoms with van der Waals surface area (Å²) in [4.78, 5) is 38.4. The van der Waals surface area contributed by atoms with E-state index in [4.69, 9.17) is 20.8 Å². The molecule has 2 saturated heterocycles. The average molecular weight is 502 g/mol. The van der Waals surface area contributed by atoms with E-state index < -0.39 is 11.7 Å². The van der Waals surface area contributed by atoms with Crippen LogP contribution in [0, 0.1) is 0 Å². The lowest BCUT2D eigenvalue weighted by Gasteiger charge is -2.43. The van der Waals surface area contributed by atoms with E-state index in [9.17, 15) is 14.0 Å². The van der Waals surface area contributed by atoms with Crippen LogP contribution < -0.4 is 10.1 Å². The summed E-state index contributed by atoms with van der Waals surface area (Å²) in [6.45, 7) is 2.69. The van der Waals surface area contributed by atoms with Gasteiger partial charge in [-0.25, -0.2) is 4.39 Å². The van der Waals surface area contributed by atoms with Gasteiger partial charge in [0.1, 0.15) is 17.2 Å². The van der Waals surface area contributed by atoms with Gasteiger partial charge in [-0.15, -0.1) is 0 Å². The van der Waals surface area contributed by atoms with E-state index in [0.29, 0.717) is 59.1 Å². The zero-order valence-electron chi connectivity index (χ0n) is 19.4. The molecule has 9 nitrogen and oxygen atoms in total. The van der Waals surface area contributed by atoms with E-state index in [1.807, 2.05) is 0 Å². The van der Waals surface area contributed by atoms with Crippen LogP contribution in [-0.2, 0) is 11.3 Å². The molecule has 2 aliphatic rings. The first kappa shape index (κ1) is 23.3. The number of halogens is 2. The van der Waals surface area contributed by atoms with Crippen molar-refractivity contribution >= 4 is 40.5 Å². The first-order chi connectivity index (χ1) is 16.8. The maximum Gasteiger partial charge on any atom is 0.296 e. The average Bonchev–Trinajstić information content (AvgIpc) is 3.43. The number of benzene rings is 1. The Morgan fingerprint density at radius 2 is 2.14 bits per heavy atom. The van der Waals surface area contributed by atoms with Crippen molar-refractivity contribution in [2.75, 3.05) is 32.1 Å². The number of methoxy groups -OCH3 is 1. The number of amides is 2. The molecule has 0 aliphatic carbocycles. The van der Waals surface area contributed by atoms with Crippen LogP contribution in [0.2, 0.25) is 5.02 Å². The Hall–Kier alpha value is -3.40. The molecule has 0 bridgehead atoms. The number of rotatable bonds is 6. The maximum absolute atomic E-state index is 13.6. The van der Waals surface area contributed by atoms with Crippen molar-refractivity contribution in [3.63, 3.8) is 0 Å². The Morgan fingerprint density at radius 1 is 1.34 bits per heavy atom. The van der Waals surface area contributed by atoms with Crippen molar-refractivity contribution in [2.24, 2.45) is 0 Å². The first-order valence-corrected chi connectivity index (χ1v) is 11.7. The molecule has 2 amide bonds. The second-order valence-electron chi connectivity index (χ2n) is 9.01. The minimum absolute atomic E-state index is 0.0790. The predicted molar refractivity (Wildman–Crippen MR) is 127 cm³/mol. The molecule has 1 unspecified atom stereocenters. The van der Waals surface area contributed by atoms with Crippen LogP contribution in [0.3, 0.4) is 0 Å². The van der Waals surface area contributed by atoms with E-state index in [0.717, 1.165) is 0 Å². The fraction of sp³-hybridized carbons (Fsp3) is 0.417. The van der Waals surface area contributed by atoms with E-state index in [1.165, 1.54) is 12.0 Å². The largest absolute Gasteiger partial charge is 0.493 e. The fourth-order valence-corrected chi connectivity index (χ4v) is 4.84. The predicted octanol–water partition coefficient (Wildman–Crippen LogP) is 3.67. The molecule has 2 aromatic heterocycles. The highest BCUT2D eigenvalue weighted by Gasteiger charge is 2.50. The van der Waals surface area contributed by atoms with E-state index in [1.54, 1.807) is 42.3 Å². The van der Waals surface area contributed by atoms with Crippen molar-refractivity contribution in [1.29, 1.82) is 0 Å². The number of hydrogen-bond donors (Lipinski definition) is 1. The van der Waals surface area contributed by atoms with Crippen LogP contribution in [0.1, 0.15) is 35.8 Å². The molecule has 2 aliphatic heterocycles. The van der Waals surface area contributed by atoms with Gasteiger partial charge in [0.2, 0.25) is 5.91 Å². The number of anilines is 1. The van der Waals surface area contributed by atoms with Crippen LogP contribution in [0.4, 0.5) is 10.4 Å². The molecule has 11 heteroatoms. The smallest absolute Gasteiger partial charge is 0.296 e. The van der Waals surface area contributed by atoms with Crippen LogP contribution >= 0.6 is 11.6 Å². The molecule has 35 heavy (non-hydrogen) atoms. The summed E-state index contributed by atoms with van der Waals surface area (Å²) in [5.74, 6) is -0.174. The molecule has 184 valence electrons. The summed E-state index contributed by atoms with van der Waals surface area (Å²) in [6, 6.07) is 6.87. The summed E-state index contributed by atoms with van der Waals surface area (Å²) in [5, 5.41) is 3.63. The number of carbonyl (C=O) groups excluding carboxylic acids is 2. The van der Waals surface area contributed by atoms with Gasteiger partial charge in [-0.05, 0) is 44.0 Å². The van der Waals surface area contributed by atoms with E-state index in [-0.39, 0.29) is 30.9 Å². The number of hydrogen-bond acceptors (Lipinski definition) is 7. The number of aromatic nitrogens is 2. The summed E-state index contributed by atoms with van der Waals surface area (Å²) in [7, 11) is 1.48. The SMILES string of the molecule is COc1cc(C(=O)N2CCCC2(C)C(=O)N2CC(F)C2)cc2nc(NCc3cc(Cl)ccn3)oc12. The Kier molecular flexibility index (Phi) is 6.00. The van der Waals surface area contributed by atoms with E-state index >= 15 is 0 Å². The fourth-order valence-electron chi connectivity index (χ4n) is 4.66. The minimum atomic E-state index is -1.01. The zero-order valence-corrected chi connectivity index (χ0v) is 20.1. The monoisotopic (exact) mass is 501 g/mol. The third kappa shape index (κ3) is 4.27. The lowest BCUT2D eigenvalue weighted by Crippen LogP contribution is -2.62. The molecule has 1 atom stereocenters. The van der Waals surface area contributed by atoms with Crippen molar-refractivity contribution in [3.05, 3.63) is 46.7 Å². The molecule has 1 aromatic carbocycles. The Bertz CT molecular complexity index is 1290. The highest BCUT2D eigenvalue weighted by molar-refractivity contribution is 6.30. The topological polar surface area (TPSA) is 101 Å². The third-order valence-electron chi connectivity index (χ3n) is 6.59. The highest BCUT2D eigenvalue weighted by atomic mass is 35.5. The number of nitrogens with one attached hydrogen (secondary N) is 1. The molecule has 0 radical (unpaired) electrons. The lowest BCUT2D eigenvalue weighted by atomic mass is 9.94. The normalized spacial score (nSPS) is 20.2. The quantitative estimate of drug-likeness (QED) is 0.550. The molecule has 1 N–H and O–H groups in total. The van der Waals surface area contributed by atoms with Gasteiger partial charge in [0, 0.05) is 23.3 Å². The summed E-state index contributed by atoms with van der Waals surface area (Å²) in [5.41, 5.74) is 0.852. The second-order valence-corrected chi connectivity index (χ2v) is 9.44. The van der Waals surface area contributed by atoms with Crippen LogP contribution in [0.5, 0.6) is 5.75 Å². The van der Waals surface area contributed by atoms with Gasteiger partial charge in [0.15, 0.2) is 11.3 Å². The van der Waals surface area contributed by atoms with Gasteiger partial charge < -0.3 is 24.3 Å². The number of ether oxygens (including phenoxy) is 1. The number of oxazole rings is 1. The minimum Gasteiger partial charge on any atom is -0.493 e. The molecule has 3 aromatic rings. The van der Waals surface area contributed by atoms with Gasteiger partial charge in [0.05, 0.1) is 32.4 Å². The standard InChI is InChI=1S/C24H25ClFN5O4/c1-24(22(33)30-12-16(26)13-30)5-3-7-31(24)21(32)14-8-18-20(19(9-14)34-2)35-23(29-18)28-11-17-10-15(25)4-6-27-17/h4,6,8-10,16H,3,5,7,11-13H2,1-2H3,(H,28,29). The number of alkyl halides is 1.